The minimum Gasteiger partial charge on any atom is -0.315 e. The molecule has 44 valence electrons. The Kier molecular flexibility index (Phi) is 1.56. The number of aliphatic imine (C=N–C) groups is 2. The first kappa shape index (κ1) is 5.21. The van der Waals surface area contributed by atoms with Crippen molar-refractivity contribution in [2.24, 2.45) is 9.98 Å². The molecule has 0 radical (unpaired) electrons. The van der Waals surface area contributed by atoms with Crippen molar-refractivity contribution in [3.63, 3.8) is 0 Å². The van der Waals surface area contributed by atoms with Crippen LogP contribution in [0.5, 0.6) is 0 Å². The topological polar surface area (TPSA) is 28.0 Å². The van der Waals surface area contributed by atoms with E-state index in [0.717, 1.165) is 0 Å². The fraction of sp³-hybridized carbons (Fsp3) is 0.500. The van der Waals surface area contributed by atoms with Gasteiger partial charge < -0.3 is 4.90 Å². The summed E-state index contributed by atoms with van der Waals surface area (Å²) < 4.78 is 11.6. The lowest BCUT2D eigenvalue weighted by Gasteiger charge is -2.12. The zero-order valence-corrected chi connectivity index (χ0v) is 4.29. The molecule has 1 heterocycles. The van der Waals surface area contributed by atoms with Crippen molar-refractivity contribution in [2.75, 3.05) is 13.5 Å². The summed E-state index contributed by atoms with van der Waals surface area (Å²) in [7, 11) is 0. The lowest BCUT2D eigenvalue weighted by atomic mass is 10.8. The molecule has 0 bridgehead atoms. The number of hydrogen-bond acceptors (Lipinski definition) is 3. The summed E-state index contributed by atoms with van der Waals surface area (Å²) in [5, 5.41) is 0. The molecule has 0 N–H and O–H groups in total. The van der Waals surface area contributed by atoms with Crippen molar-refractivity contribution in [3.05, 3.63) is 0 Å². The lowest BCUT2D eigenvalue weighted by molar-refractivity contribution is 0.292. The molecule has 3 nitrogen and oxygen atoms in total. The highest BCUT2D eigenvalue weighted by atomic mass is 19.1. The number of hydrogen-bond donors (Lipinski definition) is 0. The Hall–Kier alpha value is -0.930. The number of nitrogens with zero attached hydrogens (tertiary/aromatic N) is 3. The molecule has 1 aliphatic heterocycles. The summed E-state index contributed by atoms with van der Waals surface area (Å²) in [6.07, 6.45) is 2.83. The van der Waals surface area contributed by atoms with Crippen LogP contribution in [-0.2, 0) is 0 Å². The third-order valence-electron chi connectivity index (χ3n) is 0.795. The second-order valence-electron chi connectivity index (χ2n) is 1.41. The molecular formula is C4H6FN3. The Labute approximate surface area is 46.5 Å². The molecular weight excluding hydrogens is 109 g/mol. The first-order chi connectivity index (χ1) is 3.93. The van der Waals surface area contributed by atoms with Crippen LogP contribution in [0.4, 0.5) is 4.39 Å². The Morgan fingerprint density at radius 3 is 3.00 bits per heavy atom. The zero-order chi connectivity index (χ0) is 5.82. The van der Waals surface area contributed by atoms with E-state index in [9.17, 15) is 4.39 Å². The van der Waals surface area contributed by atoms with Crippen LogP contribution in [0.2, 0.25) is 0 Å². The van der Waals surface area contributed by atoms with Gasteiger partial charge in [-0.25, -0.2) is 9.38 Å². The van der Waals surface area contributed by atoms with Crippen LogP contribution in [0, 0.1) is 0 Å². The highest BCUT2D eigenvalue weighted by molar-refractivity contribution is 5.72. The van der Waals surface area contributed by atoms with E-state index in [0.29, 0.717) is 6.67 Å². The zero-order valence-electron chi connectivity index (χ0n) is 4.29. The highest BCUT2D eigenvalue weighted by Gasteiger charge is 1.96. The molecule has 0 aromatic rings. The summed E-state index contributed by atoms with van der Waals surface area (Å²) >= 11 is 0. The highest BCUT2D eigenvalue weighted by Crippen LogP contribution is 1.87. The third kappa shape index (κ3) is 1.02. The van der Waals surface area contributed by atoms with Crippen LogP contribution >= 0.6 is 0 Å². The first-order valence-corrected chi connectivity index (χ1v) is 2.25. The lowest BCUT2D eigenvalue weighted by Crippen LogP contribution is -2.22. The molecule has 0 saturated carbocycles. The van der Waals surface area contributed by atoms with Crippen LogP contribution in [0.1, 0.15) is 0 Å². The number of rotatable bonds is 1. The Morgan fingerprint density at radius 1 is 1.75 bits per heavy atom. The minimum atomic E-state index is -0.513. The van der Waals surface area contributed by atoms with Crippen molar-refractivity contribution in [1.29, 1.82) is 0 Å². The summed E-state index contributed by atoms with van der Waals surface area (Å²) in [6, 6.07) is 0. The molecule has 0 fully saturated rings. The molecule has 0 aromatic heterocycles. The second kappa shape index (κ2) is 2.40. The van der Waals surface area contributed by atoms with Crippen molar-refractivity contribution in [3.8, 4) is 0 Å². The standard InChI is InChI=1S/C4H6FN3/c5-1-8-3-6-2-7-4-8/h2-3H,1,4H2. The van der Waals surface area contributed by atoms with Crippen molar-refractivity contribution in [2.45, 2.75) is 0 Å². The van der Waals surface area contributed by atoms with Gasteiger partial charge in [0.25, 0.3) is 0 Å². The van der Waals surface area contributed by atoms with Gasteiger partial charge in [-0.05, 0) is 0 Å². The second-order valence-corrected chi connectivity index (χ2v) is 1.41. The Balaban J connectivity index is 2.40. The summed E-state index contributed by atoms with van der Waals surface area (Å²) in [5.41, 5.74) is 0. The van der Waals surface area contributed by atoms with E-state index in [4.69, 9.17) is 0 Å². The maximum absolute atomic E-state index is 11.6. The van der Waals surface area contributed by atoms with Crippen molar-refractivity contribution < 1.29 is 4.39 Å². The van der Waals surface area contributed by atoms with E-state index in [1.54, 1.807) is 0 Å². The number of alkyl halides is 1. The largest absolute Gasteiger partial charge is 0.315 e. The van der Waals surface area contributed by atoms with E-state index in [1.165, 1.54) is 17.6 Å². The third-order valence-corrected chi connectivity index (χ3v) is 0.795. The van der Waals surface area contributed by atoms with Crippen LogP contribution in [0.3, 0.4) is 0 Å². The molecule has 1 aliphatic rings. The maximum Gasteiger partial charge on any atom is 0.164 e. The van der Waals surface area contributed by atoms with E-state index in [1.807, 2.05) is 0 Å². The van der Waals surface area contributed by atoms with Gasteiger partial charge >= 0.3 is 0 Å². The van der Waals surface area contributed by atoms with Gasteiger partial charge in [0, 0.05) is 0 Å². The average molecular weight is 115 g/mol. The molecule has 0 amide bonds. The van der Waals surface area contributed by atoms with Crippen LogP contribution in [0.25, 0.3) is 0 Å². The molecule has 0 aromatic carbocycles. The molecule has 0 saturated heterocycles. The molecule has 1 rings (SSSR count). The Bertz CT molecular complexity index is 120. The smallest absolute Gasteiger partial charge is 0.164 e. The molecule has 0 unspecified atom stereocenters. The fourth-order valence-electron chi connectivity index (χ4n) is 0.418. The predicted octanol–water partition coefficient (Wildman–Crippen LogP) is 0.243. The van der Waals surface area contributed by atoms with Gasteiger partial charge in [0.15, 0.2) is 6.80 Å². The molecule has 8 heavy (non-hydrogen) atoms. The fourth-order valence-corrected chi connectivity index (χ4v) is 0.418. The Morgan fingerprint density at radius 2 is 2.62 bits per heavy atom. The normalized spacial score (nSPS) is 17.4. The summed E-state index contributed by atoms with van der Waals surface area (Å²) in [4.78, 5) is 8.65. The van der Waals surface area contributed by atoms with E-state index in [2.05, 4.69) is 9.98 Å². The van der Waals surface area contributed by atoms with Gasteiger partial charge in [-0.2, -0.15) is 0 Å². The van der Waals surface area contributed by atoms with Crippen molar-refractivity contribution >= 4 is 12.7 Å². The average Bonchev–Trinajstić information content (AvgIpc) is 1.90. The molecule has 4 heteroatoms. The van der Waals surface area contributed by atoms with Crippen LogP contribution in [0.15, 0.2) is 9.98 Å². The predicted molar refractivity (Wildman–Crippen MR) is 29.7 cm³/mol. The molecule has 0 spiro atoms. The monoisotopic (exact) mass is 115 g/mol. The first-order valence-electron chi connectivity index (χ1n) is 2.25. The van der Waals surface area contributed by atoms with Gasteiger partial charge in [0.05, 0.1) is 6.34 Å². The van der Waals surface area contributed by atoms with E-state index in [-0.39, 0.29) is 0 Å². The van der Waals surface area contributed by atoms with Gasteiger partial charge in [-0.3, -0.25) is 4.99 Å². The van der Waals surface area contributed by atoms with Crippen LogP contribution in [-0.4, -0.2) is 31.0 Å². The molecule has 0 aliphatic carbocycles. The minimum absolute atomic E-state index is 0.389. The molecule has 0 atom stereocenters. The summed E-state index contributed by atoms with van der Waals surface area (Å²) in [6.45, 7) is -0.124. The quantitative estimate of drug-likeness (QED) is 0.450. The van der Waals surface area contributed by atoms with Gasteiger partial charge in [0.1, 0.15) is 13.0 Å². The van der Waals surface area contributed by atoms with Gasteiger partial charge in [-0.15, -0.1) is 0 Å². The van der Waals surface area contributed by atoms with Crippen LogP contribution < -0.4 is 0 Å². The van der Waals surface area contributed by atoms with Gasteiger partial charge in [-0.1, -0.05) is 0 Å². The van der Waals surface area contributed by atoms with E-state index >= 15 is 0 Å². The van der Waals surface area contributed by atoms with Gasteiger partial charge in [0.2, 0.25) is 0 Å². The van der Waals surface area contributed by atoms with E-state index < -0.39 is 6.80 Å². The van der Waals surface area contributed by atoms with Crippen molar-refractivity contribution in [1.82, 2.24) is 4.90 Å². The number of halogens is 1. The SMILES string of the molecule is FCN1C=NC=NC1. The maximum atomic E-state index is 11.6. The summed E-state index contributed by atoms with van der Waals surface area (Å²) in [5.74, 6) is 0.